The Bertz CT molecular complexity index is 797. The van der Waals surface area contributed by atoms with Crippen LogP contribution in [-0.2, 0) is 17.9 Å². The van der Waals surface area contributed by atoms with E-state index in [4.69, 9.17) is 0 Å². The standard InChI is InChI=1S/C20H22N4O/c1-16(12-24-15-21-14-22-24)20(25)23(2)13-17-8-10-19(11-9-17)18-6-4-3-5-7-18/h3-11,14-16H,12-13H2,1-2H3. The van der Waals surface area contributed by atoms with Crippen molar-refractivity contribution in [1.82, 2.24) is 19.7 Å². The lowest BCUT2D eigenvalue weighted by Gasteiger charge is -2.21. The molecule has 0 aliphatic carbocycles. The molecule has 0 aliphatic rings. The number of aromatic nitrogens is 3. The van der Waals surface area contributed by atoms with Crippen molar-refractivity contribution < 1.29 is 4.79 Å². The summed E-state index contributed by atoms with van der Waals surface area (Å²) in [6, 6.07) is 18.6. The molecule has 0 saturated carbocycles. The Labute approximate surface area is 147 Å². The molecule has 1 unspecified atom stereocenters. The highest BCUT2D eigenvalue weighted by molar-refractivity contribution is 5.78. The Morgan fingerprint density at radius 2 is 1.76 bits per heavy atom. The van der Waals surface area contributed by atoms with Gasteiger partial charge in [-0.3, -0.25) is 9.48 Å². The van der Waals surface area contributed by atoms with E-state index in [1.54, 1.807) is 15.9 Å². The lowest BCUT2D eigenvalue weighted by atomic mass is 10.0. The summed E-state index contributed by atoms with van der Waals surface area (Å²) in [6.07, 6.45) is 3.11. The minimum Gasteiger partial charge on any atom is -0.341 e. The summed E-state index contributed by atoms with van der Waals surface area (Å²) in [5.41, 5.74) is 3.49. The van der Waals surface area contributed by atoms with Crippen LogP contribution in [0.2, 0.25) is 0 Å². The lowest BCUT2D eigenvalue weighted by Crippen LogP contribution is -2.33. The number of carbonyl (C=O) groups is 1. The van der Waals surface area contributed by atoms with Crippen LogP contribution < -0.4 is 0 Å². The van der Waals surface area contributed by atoms with Gasteiger partial charge in [0.05, 0.1) is 12.5 Å². The van der Waals surface area contributed by atoms with E-state index < -0.39 is 0 Å². The Morgan fingerprint density at radius 3 is 2.40 bits per heavy atom. The zero-order chi connectivity index (χ0) is 17.6. The molecular formula is C20H22N4O. The van der Waals surface area contributed by atoms with Gasteiger partial charge in [0.25, 0.3) is 0 Å². The Balaban J connectivity index is 1.60. The van der Waals surface area contributed by atoms with Crippen molar-refractivity contribution in [3.05, 3.63) is 72.8 Å². The van der Waals surface area contributed by atoms with Gasteiger partial charge in [-0.2, -0.15) is 5.10 Å². The van der Waals surface area contributed by atoms with Crippen LogP contribution in [0.4, 0.5) is 0 Å². The minimum atomic E-state index is -0.143. The number of nitrogens with zero attached hydrogens (tertiary/aromatic N) is 4. The van der Waals surface area contributed by atoms with Crippen molar-refractivity contribution in [3.8, 4) is 11.1 Å². The van der Waals surface area contributed by atoms with Crippen LogP contribution >= 0.6 is 0 Å². The van der Waals surface area contributed by atoms with Gasteiger partial charge in [-0.05, 0) is 16.7 Å². The molecule has 0 radical (unpaired) electrons. The van der Waals surface area contributed by atoms with Gasteiger partial charge in [-0.15, -0.1) is 0 Å². The maximum absolute atomic E-state index is 12.5. The average Bonchev–Trinajstić information content (AvgIpc) is 3.15. The molecule has 1 aromatic heterocycles. The molecular weight excluding hydrogens is 312 g/mol. The summed E-state index contributed by atoms with van der Waals surface area (Å²) in [5.74, 6) is -0.0436. The van der Waals surface area contributed by atoms with Gasteiger partial charge in [0.2, 0.25) is 5.91 Å². The first-order valence-electron chi connectivity index (χ1n) is 8.35. The van der Waals surface area contributed by atoms with Crippen LogP contribution in [0.3, 0.4) is 0 Å². The monoisotopic (exact) mass is 334 g/mol. The zero-order valence-electron chi connectivity index (χ0n) is 14.5. The second-order valence-electron chi connectivity index (χ2n) is 6.28. The normalized spacial score (nSPS) is 11.9. The molecule has 1 heterocycles. The minimum absolute atomic E-state index is 0.0997. The summed E-state index contributed by atoms with van der Waals surface area (Å²) in [4.78, 5) is 18.2. The third-order valence-electron chi connectivity index (χ3n) is 4.21. The maximum atomic E-state index is 12.5. The van der Waals surface area contributed by atoms with Crippen LogP contribution in [0.15, 0.2) is 67.3 Å². The highest BCUT2D eigenvalue weighted by Gasteiger charge is 2.18. The van der Waals surface area contributed by atoms with E-state index in [0.717, 1.165) is 5.56 Å². The van der Waals surface area contributed by atoms with Gasteiger partial charge in [0, 0.05) is 13.6 Å². The first-order valence-corrected chi connectivity index (χ1v) is 8.35. The first kappa shape index (κ1) is 16.9. The summed E-state index contributed by atoms with van der Waals surface area (Å²) in [7, 11) is 1.84. The van der Waals surface area contributed by atoms with E-state index in [9.17, 15) is 4.79 Å². The molecule has 3 aromatic rings. The molecule has 2 aromatic carbocycles. The number of rotatable bonds is 6. The van der Waals surface area contributed by atoms with Crippen LogP contribution in [0.25, 0.3) is 11.1 Å². The molecule has 0 fully saturated rings. The van der Waals surface area contributed by atoms with Gasteiger partial charge in [-0.1, -0.05) is 61.5 Å². The predicted octanol–water partition coefficient (Wildman–Crippen LogP) is 3.24. The molecule has 0 saturated heterocycles. The summed E-state index contributed by atoms with van der Waals surface area (Å²) >= 11 is 0. The highest BCUT2D eigenvalue weighted by Crippen LogP contribution is 2.20. The SMILES string of the molecule is CC(Cn1cncn1)C(=O)N(C)Cc1ccc(-c2ccccc2)cc1. The van der Waals surface area contributed by atoms with Crippen molar-refractivity contribution >= 4 is 5.91 Å². The third-order valence-corrected chi connectivity index (χ3v) is 4.21. The van der Waals surface area contributed by atoms with Gasteiger partial charge >= 0.3 is 0 Å². The summed E-state index contributed by atoms with van der Waals surface area (Å²) in [5, 5.41) is 4.06. The van der Waals surface area contributed by atoms with E-state index in [1.165, 1.54) is 17.5 Å². The average molecular weight is 334 g/mol. The van der Waals surface area contributed by atoms with Crippen LogP contribution in [-0.4, -0.2) is 32.6 Å². The second-order valence-corrected chi connectivity index (χ2v) is 6.28. The maximum Gasteiger partial charge on any atom is 0.227 e. The Kier molecular flexibility index (Phi) is 5.23. The molecule has 0 aliphatic heterocycles. The van der Waals surface area contributed by atoms with Crippen LogP contribution in [0.1, 0.15) is 12.5 Å². The molecule has 1 amide bonds. The van der Waals surface area contributed by atoms with E-state index in [-0.39, 0.29) is 11.8 Å². The fourth-order valence-electron chi connectivity index (χ4n) is 2.85. The first-order chi connectivity index (χ1) is 12.1. The van der Waals surface area contributed by atoms with E-state index >= 15 is 0 Å². The predicted molar refractivity (Wildman–Crippen MR) is 97.5 cm³/mol. The van der Waals surface area contributed by atoms with Crippen LogP contribution in [0.5, 0.6) is 0 Å². The fourth-order valence-corrected chi connectivity index (χ4v) is 2.85. The van der Waals surface area contributed by atoms with Crippen molar-refractivity contribution in [3.63, 3.8) is 0 Å². The number of hydrogen-bond donors (Lipinski definition) is 0. The van der Waals surface area contributed by atoms with E-state index in [2.05, 4.69) is 46.5 Å². The molecule has 3 rings (SSSR count). The Hall–Kier alpha value is -2.95. The quantitative estimate of drug-likeness (QED) is 0.695. The molecule has 5 heteroatoms. The lowest BCUT2D eigenvalue weighted by molar-refractivity contribution is -0.134. The zero-order valence-corrected chi connectivity index (χ0v) is 14.5. The summed E-state index contributed by atoms with van der Waals surface area (Å²) in [6.45, 7) is 3.05. The van der Waals surface area contributed by atoms with Crippen molar-refractivity contribution in [2.45, 2.75) is 20.0 Å². The van der Waals surface area contributed by atoms with Gasteiger partial charge in [-0.25, -0.2) is 4.98 Å². The number of benzene rings is 2. The molecule has 25 heavy (non-hydrogen) atoms. The van der Waals surface area contributed by atoms with Gasteiger partial charge in [0.1, 0.15) is 12.7 Å². The molecule has 0 N–H and O–H groups in total. The molecule has 0 spiro atoms. The topological polar surface area (TPSA) is 51.0 Å². The highest BCUT2D eigenvalue weighted by atomic mass is 16.2. The van der Waals surface area contributed by atoms with Gasteiger partial charge in [0.15, 0.2) is 0 Å². The molecule has 0 bridgehead atoms. The smallest absolute Gasteiger partial charge is 0.227 e. The fraction of sp³-hybridized carbons (Fsp3) is 0.250. The molecule has 128 valence electrons. The van der Waals surface area contributed by atoms with E-state index in [1.807, 2.05) is 32.2 Å². The molecule has 1 atom stereocenters. The number of amides is 1. The van der Waals surface area contributed by atoms with Crippen molar-refractivity contribution in [2.24, 2.45) is 5.92 Å². The Morgan fingerprint density at radius 1 is 1.08 bits per heavy atom. The van der Waals surface area contributed by atoms with Crippen molar-refractivity contribution in [2.75, 3.05) is 7.05 Å². The second kappa shape index (κ2) is 7.75. The summed E-state index contributed by atoms with van der Waals surface area (Å²) < 4.78 is 1.69. The molecule has 5 nitrogen and oxygen atoms in total. The van der Waals surface area contributed by atoms with Crippen LogP contribution in [0, 0.1) is 5.92 Å². The number of hydrogen-bond acceptors (Lipinski definition) is 3. The van der Waals surface area contributed by atoms with Crippen molar-refractivity contribution in [1.29, 1.82) is 0 Å². The third kappa shape index (κ3) is 4.32. The van der Waals surface area contributed by atoms with Gasteiger partial charge < -0.3 is 4.90 Å². The van der Waals surface area contributed by atoms with E-state index in [0.29, 0.717) is 13.1 Å². The number of carbonyl (C=O) groups excluding carboxylic acids is 1. The largest absolute Gasteiger partial charge is 0.341 e.